The first kappa shape index (κ1) is 12.9. The summed E-state index contributed by atoms with van der Waals surface area (Å²) >= 11 is 6.21. The Balaban J connectivity index is 2.13. The Kier molecular flexibility index (Phi) is 3.06. The summed E-state index contributed by atoms with van der Waals surface area (Å²) in [4.78, 5) is 28.8. The summed E-state index contributed by atoms with van der Waals surface area (Å²) in [5, 5.41) is 10.2. The third-order valence-corrected chi connectivity index (χ3v) is 3.76. The number of fused-ring (bicyclic) bond motifs is 1. The van der Waals surface area contributed by atoms with Crippen molar-refractivity contribution < 1.29 is 14.7 Å². The summed E-state index contributed by atoms with van der Waals surface area (Å²) in [5.41, 5.74) is 1.27. The molecule has 102 valence electrons. The van der Waals surface area contributed by atoms with Crippen LogP contribution in [0.2, 0.25) is 5.02 Å². The number of hydrogen-bond acceptors (Lipinski definition) is 3. The molecular formula is C14H11ClN2O3. The zero-order valence-electron chi connectivity index (χ0n) is 10.4. The van der Waals surface area contributed by atoms with Crippen LogP contribution in [0.1, 0.15) is 6.42 Å². The minimum atomic E-state index is -0.963. The van der Waals surface area contributed by atoms with E-state index in [1.54, 1.807) is 24.4 Å². The first-order valence-electron chi connectivity index (χ1n) is 6.14. The van der Waals surface area contributed by atoms with Gasteiger partial charge in [-0.3, -0.25) is 14.6 Å². The number of aliphatic carboxylic acids is 1. The second-order valence-electron chi connectivity index (χ2n) is 4.71. The molecule has 6 heteroatoms. The largest absolute Gasteiger partial charge is 0.481 e. The Bertz CT molecular complexity index is 717. The van der Waals surface area contributed by atoms with Crippen molar-refractivity contribution in [1.29, 1.82) is 0 Å². The van der Waals surface area contributed by atoms with E-state index in [1.165, 1.54) is 4.90 Å². The second-order valence-corrected chi connectivity index (χ2v) is 5.12. The predicted octanol–water partition coefficient (Wildman–Crippen LogP) is 2.33. The highest BCUT2D eigenvalue weighted by molar-refractivity contribution is 6.35. The lowest BCUT2D eigenvalue weighted by molar-refractivity contribution is -0.141. The Morgan fingerprint density at radius 3 is 2.90 bits per heavy atom. The van der Waals surface area contributed by atoms with Gasteiger partial charge in [0, 0.05) is 24.5 Å². The fraction of sp³-hybridized carbons (Fsp3) is 0.214. The van der Waals surface area contributed by atoms with Crippen molar-refractivity contribution in [3.63, 3.8) is 0 Å². The molecule has 0 saturated carbocycles. The van der Waals surface area contributed by atoms with Crippen LogP contribution in [0, 0.1) is 5.92 Å². The van der Waals surface area contributed by atoms with E-state index in [1.807, 2.05) is 6.07 Å². The third-order valence-electron chi connectivity index (χ3n) is 3.45. The summed E-state index contributed by atoms with van der Waals surface area (Å²) in [7, 11) is 0. The van der Waals surface area contributed by atoms with Gasteiger partial charge in [0.2, 0.25) is 5.91 Å². The zero-order valence-corrected chi connectivity index (χ0v) is 11.2. The number of carbonyl (C=O) groups is 2. The van der Waals surface area contributed by atoms with E-state index in [2.05, 4.69) is 4.98 Å². The van der Waals surface area contributed by atoms with Gasteiger partial charge in [0.25, 0.3) is 0 Å². The van der Waals surface area contributed by atoms with E-state index in [9.17, 15) is 9.59 Å². The number of amides is 1. The van der Waals surface area contributed by atoms with Gasteiger partial charge in [0.05, 0.1) is 22.1 Å². The lowest BCUT2D eigenvalue weighted by atomic mass is 10.1. The maximum Gasteiger partial charge on any atom is 0.308 e. The number of carboxylic acids is 1. The second kappa shape index (κ2) is 4.76. The molecule has 2 heterocycles. The van der Waals surface area contributed by atoms with E-state index >= 15 is 0 Å². The van der Waals surface area contributed by atoms with Crippen LogP contribution in [-0.4, -0.2) is 28.5 Å². The van der Waals surface area contributed by atoms with Crippen LogP contribution in [0.4, 0.5) is 5.69 Å². The van der Waals surface area contributed by atoms with Crippen molar-refractivity contribution in [3.05, 3.63) is 35.5 Å². The van der Waals surface area contributed by atoms with Gasteiger partial charge in [-0.2, -0.15) is 0 Å². The van der Waals surface area contributed by atoms with Crippen molar-refractivity contribution in [3.8, 4) is 0 Å². The highest BCUT2D eigenvalue weighted by atomic mass is 35.5. The van der Waals surface area contributed by atoms with Crippen LogP contribution in [0.15, 0.2) is 30.5 Å². The fourth-order valence-electron chi connectivity index (χ4n) is 2.47. The Morgan fingerprint density at radius 2 is 2.20 bits per heavy atom. The van der Waals surface area contributed by atoms with Crippen LogP contribution in [0.3, 0.4) is 0 Å². The van der Waals surface area contributed by atoms with E-state index in [0.29, 0.717) is 10.7 Å². The minimum Gasteiger partial charge on any atom is -0.481 e. The lowest BCUT2D eigenvalue weighted by Crippen LogP contribution is -2.26. The van der Waals surface area contributed by atoms with Gasteiger partial charge >= 0.3 is 5.97 Å². The summed E-state index contributed by atoms with van der Waals surface area (Å²) in [6.07, 6.45) is 1.66. The molecule has 1 aromatic carbocycles. The molecule has 1 aliphatic rings. The molecule has 5 nitrogen and oxygen atoms in total. The van der Waals surface area contributed by atoms with E-state index < -0.39 is 11.9 Å². The molecule has 1 fully saturated rings. The molecule has 1 N–H and O–H groups in total. The molecule has 20 heavy (non-hydrogen) atoms. The number of aromatic nitrogens is 1. The van der Waals surface area contributed by atoms with Crippen LogP contribution in [-0.2, 0) is 9.59 Å². The number of pyridine rings is 1. The van der Waals surface area contributed by atoms with E-state index in [0.717, 1.165) is 10.9 Å². The van der Waals surface area contributed by atoms with Crippen LogP contribution >= 0.6 is 11.6 Å². The summed E-state index contributed by atoms with van der Waals surface area (Å²) < 4.78 is 0. The summed E-state index contributed by atoms with van der Waals surface area (Å²) in [5.74, 6) is -1.88. The number of halogens is 1. The van der Waals surface area contributed by atoms with E-state index in [4.69, 9.17) is 16.7 Å². The van der Waals surface area contributed by atoms with Gasteiger partial charge in [0.15, 0.2) is 0 Å². The van der Waals surface area contributed by atoms with Gasteiger partial charge in [-0.25, -0.2) is 0 Å². The molecule has 0 spiro atoms. The lowest BCUT2D eigenvalue weighted by Gasteiger charge is -2.19. The average Bonchev–Trinajstić information content (AvgIpc) is 2.81. The molecule has 1 aromatic heterocycles. The molecule has 3 rings (SSSR count). The monoisotopic (exact) mass is 290 g/mol. The van der Waals surface area contributed by atoms with Gasteiger partial charge < -0.3 is 10.0 Å². The SMILES string of the molecule is O=C(O)C1CC(=O)N(c2c(Cl)ccc3ncccc23)C1. The van der Waals surface area contributed by atoms with Crippen molar-refractivity contribution in [2.75, 3.05) is 11.4 Å². The molecule has 1 aliphatic heterocycles. The number of benzene rings is 1. The van der Waals surface area contributed by atoms with Crippen molar-refractivity contribution in [2.24, 2.45) is 5.92 Å². The molecule has 1 atom stereocenters. The first-order valence-corrected chi connectivity index (χ1v) is 6.52. The number of carboxylic acid groups (broad SMARTS) is 1. The number of carbonyl (C=O) groups excluding carboxylic acids is 1. The highest BCUT2D eigenvalue weighted by Crippen LogP contribution is 2.36. The van der Waals surface area contributed by atoms with Crippen LogP contribution < -0.4 is 4.90 Å². The molecule has 1 amide bonds. The van der Waals surface area contributed by atoms with Gasteiger partial charge in [-0.1, -0.05) is 11.6 Å². The molecule has 2 aromatic rings. The molecule has 1 unspecified atom stereocenters. The molecule has 0 bridgehead atoms. The van der Waals surface area contributed by atoms with Crippen molar-refractivity contribution >= 4 is 40.1 Å². The Morgan fingerprint density at radius 1 is 1.40 bits per heavy atom. The van der Waals surface area contributed by atoms with Gasteiger partial charge in [-0.15, -0.1) is 0 Å². The fourth-order valence-corrected chi connectivity index (χ4v) is 2.74. The standard InChI is InChI=1S/C14H11ClN2O3/c15-10-3-4-11-9(2-1-5-16-11)13(10)17-7-8(14(19)20)6-12(17)18/h1-5,8H,6-7H2,(H,19,20). The minimum absolute atomic E-state index is 0.00229. The maximum atomic E-state index is 12.1. The normalized spacial score (nSPS) is 18.8. The topological polar surface area (TPSA) is 70.5 Å². The molecule has 0 aliphatic carbocycles. The number of anilines is 1. The highest BCUT2D eigenvalue weighted by Gasteiger charge is 2.36. The van der Waals surface area contributed by atoms with Crippen molar-refractivity contribution in [2.45, 2.75) is 6.42 Å². The van der Waals surface area contributed by atoms with Crippen LogP contribution in [0.5, 0.6) is 0 Å². The van der Waals surface area contributed by atoms with Gasteiger partial charge in [-0.05, 0) is 24.3 Å². The quantitative estimate of drug-likeness (QED) is 0.921. The number of rotatable bonds is 2. The average molecular weight is 291 g/mol. The summed E-state index contributed by atoms with van der Waals surface area (Å²) in [6.45, 7) is 0.141. The Labute approximate surface area is 119 Å². The third kappa shape index (κ3) is 2.00. The smallest absolute Gasteiger partial charge is 0.308 e. The number of hydrogen-bond donors (Lipinski definition) is 1. The molecule has 1 saturated heterocycles. The number of nitrogens with zero attached hydrogens (tertiary/aromatic N) is 2. The maximum absolute atomic E-state index is 12.1. The first-order chi connectivity index (χ1) is 9.58. The molecule has 0 radical (unpaired) electrons. The van der Waals surface area contributed by atoms with E-state index in [-0.39, 0.29) is 18.9 Å². The Hall–Kier alpha value is -2.14. The predicted molar refractivity (Wildman–Crippen MR) is 74.8 cm³/mol. The van der Waals surface area contributed by atoms with Crippen LogP contribution in [0.25, 0.3) is 10.9 Å². The van der Waals surface area contributed by atoms with Gasteiger partial charge in [0.1, 0.15) is 0 Å². The summed E-state index contributed by atoms with van der Waals surface area (Å²) in [6, 6.07) is 7.03. The van der Waals surface area contributed by atoms with Crippen molar-refractivity contribution in [1.82, 2.24) is 4.98 Å². The zero-order chi connectivity index (χ0) is 14.3. The molecular weight excluding hydrogens is 280 g/mol.